The van der Waals surface area contributed by atoms with E-state index in [4.69, 9.17) is 4.74 Å². The van der Waals surface area contributed by atoms with Crippen molar-refractivity contribution < 1.29 is 9.53 Å². The number of hydrogen-bond acceptors (Lipinski definition) is 3. The molecule has 5 heteroatoms. The van der Waals surface area contributed by atoms with Crippen LogP contribution in [0.3, 0.4) is 0 Å². The normalized spacial score (nSPS) is 18.6. The molecule has 1 aromatic carbocycles. The van der Waals surface area contributed by atoms with E-state index < -0.39 is 0 Å². The van der Waals surface area contributed by atoms with Crippen molar-refractivity contribution in [3.05, 3.63) is 24.3 Å². The second kappa shape index (κ2) is 7.24. The Morgan fingerprint density at radius 3 is 2.89 bits per heavy atom. The zero-order valence-electron chi connectivity index (χ0n) is 10.4. The molecule has 1 unspecified atom stereocenters. The summed E-state index contributed by atoms with van der Waals surface area (Å²) in [5, 5.41) is 6.17. The second-order valence-corrected chi connectivity index (χ2v) is 4.23. The van der Waals surface area contributed by atoms with Crippen LogP contribution in [0.1, 0.15) is 12.8 Å². The van der Waals surface area contributed by atoms with Crippen LogP contribution in [0.15, 0.2) is 24.3 Å². The van der Waals surface area contributed by atoms with Gasteiger partial charge in [-0.05, 0) is 31.5 Å². The highest BCUT2D eigenvalue weighted by Gasteiger charge is 2.21. The lowest BCUT2D eigenvalue weighted by atomic mass is 9.99. The van der Waals surface area contributed by atoms with Crippen molar-refractivity contribution in [1.29, 1.82) is 0 Å². The number of benzene rings is 1. The summed E-state index contributed by atoms with van der Waals surface area (Å²) in [4.78, 5) is 12.0. The largest absolute Gasteiger partial charge is 0.495 e. The van der Waals surface area contributed by atoms with Gasteiger partial charge in [0, 0.05) is 6.54 Å². The number of methoxy groups -OCH3 is 1. The SMILES string of the molecule is COc1ccccc1NC(=O)C1CCCNC1.Cl. The lowest BCUT2D eigenvalue weighted by Gasteiger charge is -2.22. The number of halogens is 1. The molecule has 1 aromatic rings. The van der Waals surface area contributed by atoms with Crippen molar-refractivity contribution in [1.82, 2.24) is 5.32 Å². The number of amides is 1. The van der Waals surface area contributed by atoms with Crippen LogP contribution in [0.5, 0.6) is 5.75 Å². The Balaban J connectivity index is 0.00000162. The molecule has 0 bridgehead atoms. The number of anilines is 1. The molecule has 1 atom stereocenters. The third kappa shape index (κ3) is 3.62. The van der Waals surface area contributed by atoms with Gasteiger partial charge in [0.25, 0.3) is 0 Å². The highest BCUT2D eigenvalue weighted by Crippen LogP contribution is 2.24. The number of ether oxygens (including phenoxy) is 1. The molecule has 2 N–H and O–H groups in total. The summed E-state index contributed by atoms with van der Waals surface area (Å²) in [6.45, 7) is 1.78. The standard InChI is InChI=1S/C13H18N2O2.ClH/c1-17-12-7-3-2-6-11(12)15-13(16)10-5-4-8-14-9-10;/h2-3,6-7,10,14H,4-5,8-9H2,1H3,(H,15,16);1H. The molecule has 4 nitrogen and oxygen atoms in total. The van der Waals surface area contributed by atoms with Gasteiger partial charge in [0.2, 0.25) is 5.91 Å². The van der Waals surface area contributed by atoms with Crippen LogP contribution in [0.2, 0.25) is 0 Å². The Bertz CT molecular complexity index is 392. The van der Waals surface area contributed by atoms with Gasteiger partial charge >= 0.3 is 0 Å². The monoisotopic (exact) mass is 270 g/mol. The molecule has 1 amide bonds. The summed E-state index contributed by atoms with van der Waals surface area (Å²) < 4.78 is 5.20. The van der Waals surface area contributed by atoms with Crippen LogP contribution >= 0.6 is 12.4 Å². The lowest BCUT2D eigenvalue weighted by Crippen LogP contribution is -2.37. The predicted octanol–water partition coefficient (Wildman–Crippen LogP) is 2.06. The molecule has 0 saturated carbocycles. The van der Waals surface area contributed by atoms with E-state index >= 15 is 0 Å². The molecule has 0 aliphatic carbocycles. The molecule has 2 rings (SSSR count). The summed E-state index contributed by atoms with van der Waals surface area (Å²) in [6, 6.07) is 7.47. The van der Waals surface area contributed by atoms with Gasteiger partial charge in [-0.25, -0.2) is 0 Å². The molecular weight excluding hydrogens is 252 g/mol. The number of nitrogens with one attached hydrogen (secondary N) is 2. The Morgan fingerprint density at radius 2 is 2.22 bits per heavy atom. The molecule has 100 valence electrons. The fraction of sp³-hybridized carbons (Fsp3) is 0.462. The Hall–Kier alpha value is -1.26. The summed E-state index contributed by atoms with van der Waals surface area (Å²) in [5.41, 5.74) is 0.741. The van der Waals surface area contributed by atoms with Crippen LogP contribution in [-0.2, 0) is 4.79 Å². The first-order valence-corrected chi connectivity index (χ1v) is 5.96. The quantitative estimate of drug-likeness (QED) is 0.884. The maximum atomic E-state index is 12.0. The Morgan fingerprint density at radius 1 is 1.44 bits per heavy atom. The molecule has 0 spiro atoms. The van der Waals surface area contributed by atoms with Gasteiger partial charge < -0.3 is 15.4 Å². The van der Waals surface area contributed by atoms with E-state index in [1.165, 1.54) is 0 Å². The van der Waals surface area contributed by atoms with Crippen molar-refractivity contribution in [3.8, 4) is 5.75 Å². The van der Waals surface area contributed by atoms with Crippen LogP contribution < -0.4 is 15.4 Å². The number of para-hydroxylation sites is 2. The fourth-order valence-electron chi connectivity index (χ4n) is 2.06. The highest BCUT2D eigenvalue weighted by molar-refractivity contribution is 5.94. The molecule has 1 aliphatic rings. The van der Waals surface area contributed by atoms with Crippen molar-refractivity contribution in [3.63, 3.8) is 0 Å². The van der Waals surface area contributed by atoms with Crippen LogP contribution in [0.4, 0.5) is 5.69 Å². The lowest BCUT2D eigenvalue weighted by molar-refractivity contribution is -0.120. The molecule has 1 aliphatic heterocycles. The predicted molar refractivity (Wildman–Crippen MR) is 74.5 cm³/mol. The maximum absolute atomic E-state index is 12.0. The van der Waals surface area contributed by atoms with E-state index in [2.05, 4.69) is 10.6 Å². The van der Waals surface area contributed by atoms with Gasteiger partial charge in [-0.15, -0.1) is 12.4 Å². The van der Waals surface area contributed by atoms with Crippen molar-refractivity contribution in [2.24, 2.45) is 5.92 Å². The second-order valence-electron chi connectivity index (χ2n) is 4.23. The van der Waals surface area contributed by atoms with Crippen LogP contribution in [0, 0.1) is 5.92 Å². The number of rotatable bonds is 3. The van der Waals surface area contributed by atoms with Gasteiger partial charge in [-0.1, -0.05) is 12.1 Å². The van der Waals surface area contributed by atoms with E-state index in [-0.39, 0.29) is 24.2 Å². The van der Waals surface area contributed by atoms with Crippen molar-refractivity contribution >= 4 is 24.0 Å². The van der Waals surface area contributed by atoms with Crippen LogP contribution in [0.25, 0.3) is 0 Å². The minimum Gasteiger partial charge on any atom is -0.495 e. The summed E-state index contributed by atoms with van der Waals surface area (Å²) in [6.07, 6.45) is 2.01. The molecule has 1 fully saturated rings. The Labute approximate surface area is 114 Å². The smallest absolute Gasteiger partial charge is 0.228 e. The molecule has 18 heavy (non-hydrogen) atoms. The van der Waals surface area contributed by atoms with Crippen molar-refractivity contribution in [2.45, 2.75) is 12.8 Å². The topological polar surface area (TPSA) is 50.4 Å². The average molecular weight is 271 g/mol. The van der Waals surface area contributed by atoms with E-state index in [0.717, 1.165) is 31.6 Å². The zero-order chi connectivity index (χ0) is 12.1. The Kier molecular flexibility index (Phi) is 5.95. The first-order chi connectivity index (χ1) is 8.31. The third-order valence-electron chi connectivity index (χ3n) is 3.03. The summed E-state index contributed by atoms with van der Waals surface area (Å²) >= 11 is 0. The summed E-state index contributed by atoms with van der Waals surface area (Å²) in [7, 11) is 1.60. The van der Waals surface area contributed by atoms with Gasteiger partial charge in [0.1, 0.15) is 5.75 Å². The number of carbonyl (C=O) groups excluding carboxylic acids is 1. The van der Waals surface area contributed by atoms with Gasteiger partial charge in [-0.2, -0.15) is 0 Å². The third-order valence-corrected chi connectivity index (χ3v) is 3.03. The number of hydrogen-bond donors (Lipinski definition) is 2. The molecule has 0 aromatic heterocycles. The number of piperidine rings is 1. The fourth-order valence-corrected chi connectivity index (χ4v) is 2.06. The minimum atomic E-state index is 0. The highest BCUT2D eigenvalue weighted by atomic mass is 35.5. The first kappa shape index (κ1) is 14.8. The average Bonchev–Trinajstić information content (AvgIpc) is 2.40. The minimum absolute atomic E-state index is 0. The number of carbonyl (C=O) groups is 1. The van der Waals surface area contributed by atoms with Crippen molar-refractivity contribution in [2.75, 3.05) is 25.5 Å². The molecular formula is C13H19ClN2O2. The van der Waals surface area contributed by atoms with E-state index in [1.807, 2.05) is 24.3 Å². The van der Waals surface area contributed by atoms with Gasteiger partial charge in [-0.3, -0.25) is 4.79 Å². The molecule has 1 heterocycles. The van der Waals surface area contributed by atoms with E-state index in [9.17, 15) is 4.79 Å². The van der Waals surface area contributed by atoms with Crippen LogP contribution in [-0.4, -0.2) is 26.1 Å². The first-order valence-electron chi connectivity index (χ1n) is 5.96. The maximum Gasteiger partial charge on any atom is 0.228 e. The van der Waals surface area contributed by atoms with Gasteiger partial charge in [0.05, 0.1) is 18.7 Å². The van der Waals surface area contributed by atoms with E-state index in [0.29, 0.717) is 5.75 Å². The van der Waals surface area contributed by atoms with Gasteiger partial charge in [0.15, 0.2) is 0 Å². The summed E-state index contributed by atoms with van der Waals surface area (Å²) in [5.74, 6) is 0.833. The van der Waals surface area contributed by atoms with E-state index in [1.54, 1.807) is 7.11 Å². The zero-order valence-corrected chi connectivity index (χ0v) is 11.3. The molecule has 0 radical (unpaired) electrons. The molecule has 1 saturated heterocycles.